The van der Waals surface area contributed by atoms with E-state index in [-0.39, 0.29) is 41.8 Å². The van der Waals surface area contributed by atoms with Crippen molar-refractivity contribution in [3.8, 4) is 0 Å². The molecule has 0 aliphatic carbocycles. The zero-order valence-corrected chi connectivity index (χ0v) is 26.5. The summed E-state index contributed by atoms with van der Waals surface area (Å²) in [6, 6.07) is -2.22. The van der Waals surface area contributed by atoms with Crippen LogP contribution in [0, 0.1) is 11.3 Å². The van der Waals surface area contributed by atoms with Crippen molar-refractivity contribution < 1.29 is 24.3 Å². The summed E-state index contributed by atoms with van der Waals surface area (Å²) in [7, 11) is 3.79. The summed E-state index contributed by atoms with van der Waals surface area (Å²) in [4.78, 5) is 60.7. The van der Waals surface area contributed by atoms with Crippen LogP contribution in [-0.4, -0.2) is 119 Å². The molecule has 2 N–H and O–H groups in total. The summed E-state index contributed by atoms with van der Waals surface area (Å²) in [6.07, 6.45) is 7.60. The van der Waals surface area contributed by atoms with Gasteiger partial charge in [-0.1, -0.05) is 47.5 Å². The van der Waals surface area contributed by atoms with Gasteiger partial charge in [0.25, 0.3) is 0 Å². The highest BCUT2D eigenvalue weighted by Crippen LogP contribution is 2.28. The maximum atomic E-state index is 14.1. The van der Waals surface area contributed by atoms with Gasteiger partial charge < -0.3 is 20.2 Å². The van der Waals surface area contributed by atoms with Gasteiger partial charge in [0.2, 0.25) is 17.7 Å². The van der Waals surface area contributed by atoms with Crippen molar-refractivity contribution in [2.45, 2.75) is 123 Å². The van der Waals surface area contributed by atoms with Crippen LogP contribution in [0.2, 0.25) is 0 Å². The molecule has 0 saturated carbocycles. The molecule has 41 heavy (non-hydrogen) atoms. The quantitative estimate of drug-likeness (QED) is 0.433. The number of hydrogen-bond donors (Lipinski definition) is 2. The number of carboxylic acid groups (broad SMARTS) is 1. The van der Waals surface area contributed by atoms with E-state index in [1.807, 2.05) is 34.9 Å². The topological polar surface area (TPSA) is 113 Å². The average molecular weight is 578 g/mol. The lowest BCUT2D eigenvalue weighted by Crippen LogP contribution is -2.62. The molecule has 1 unspecified atom stereocenters. The van der Waals surface area contributed by atoms with E-state index < -0.39 is 23.5 Å². The predicted molar refractivity (Wildman–Crippen MR) is 159 cm³/mol. The Hall–Kier alpha value is -2.20. The minimum Gasteiger partial charge on any atom is -0.480 e. The van der Waals surface area contributed by atoms with Gasteiger partial charge in [-0.25, -0.2) is 4.79 Å². The van der Waals surface area contributed by atoms with Crippen molar-refractivity contribution in [3.05, 3.63) is 0 Å². The third kappa shape index (κ3) is 8.21. The fourth-order valence-corrected chi connectivity index (χ4v) is 6.81. The third-order valence-electron chi connectivity index (χ3n) is 9.48. The first-order valence-electron chi connectivity index (χ1n) is 15.8. The summed E-state index contributed by atoms with van der Waals surface area (Å²) >= 11 is 0. The van der Waals surface area contributed by atoms with E-state index in [1.54, 1.807) is 9.80 Å². The lowest BCUT2D eigenvalue weighted by molar-refractivity contribution is -0.155. The van der Waals surface area contributed by atoms with Crippen LogP contribution in [0.1, 0.15) is 92.4 Å². The monoisotopic (exact) mass is 577 g/mol. The Morgan fingerprint density at radius 3 is 2.00 bits per heavy atom. The van der Waals surface area contributed by atoms with E-state index in [1.165, 1.54) is 0 Å². The van der Waals surface area contributed by atoms with Crippen LogP contribution < -0.4 is 5.32 Å². The Labute approximate surface area is 247 Å². The van der Waals surface area contributed by atoms with Crippen molar-refractivity contribution in [1.29, 1.82) is 0 Å². The molecule has 10 nitrogen and oxygen atoms in total. The molecule has 0 bridgehead atoms. The molecule has 234 valence electrons. The van der Waals surface area contributed by atoms with Crippen molar-refractivity contribution in [2.24, 2.45) is 11.3 Å². The lowest BCUT2D eigenvalue weighted by atomic mass is 9.84. The van der Waals surface area contributed by atoms with Crippen LogP contribution >= 0.6 is 0 Å². The number of carbonyl (C=O) groups is 4. The molecule has 0 aromatic heterocycles. The van der Waals surface area contributed by atoms with Crippen molar-refractivity contribution in [2.75, 3.05) is 40.3 Å². The number of nitrogens with zero attached hydrogens (tertiary/aromatic N) is 4. The van der Waals surface area contributed by atoms with E-state index in [0.717, 1.165) is 58.0 Å². The number of hydrogen-bond acceptors (Lipinski definition) is 6. The summed E-state index contributed by atoms with van der Waals surface area (Å²) < 4.78 is 0. The molecule has 3 amide bonds. The van der Waals surface area contributed by atoms with Gasteiger partial charge in [0.1, 0.15) is 12.1 Å². The van der Waals surface area contributed by atoms with E-state index >= 15 is 0 Å². The normalized spacial score (nSPS) is 26.3. The van der Waals surface area contributed by atoms with E-state index in [0.29, 0.717) is 25.9 Å². The second-order valence-electron chi connectivity index (χ2n) is 13.9. The van der Waals surface area contributed by atoms with Gasteiger partial charge in [0.05, 0.1) is 12.1 Å². The van der Waals surface area contributed by atoms with Gasteiger partial charge in [-0.2, -0.15) is 0 Å². The second kappa shape index (κ2) is 14.3. The third-order valence-corrected chi connectivity index (χ3v) is 9.48. The summed E-state index contributed by atoms with van der Waals surface area (Å²) in [5.41, 5.74) is -0.487. The fourth-order valence-electron chi connectivity index (χ4n) is 6.81. The highest BCUT2D eigenvalue weighted by Gasteiger charge is 2.42. The maximum Gasteiger partial charge on any atom is 0.326 e. The van der Waals surface area contributed by atoms with Crippen molar-refractivity contribution >= 4 is 23.7 Å². The van der Waals surface area contributed by atoms with Gasteiger partial charge in [-0.3, -0.25) is 24.2 Å². The molecule has 5 atom stereocenters. The average Bonchev–Trinajstić information content (AvgIpc) is 2.93. The first kappa shape index (κ1) is 33.3. The number of amides is 3. The van der Waals surface area contributed by atoms with Crippen molar-refractivity contribution in [1.82, 2.24) is 24.9 Å². The Balaban J connectivity index is 1.77. The van der Waals surface area contributed by atoms with Crippen LogP contribution in [0.25, 0.3) is 0 Å². The molecule has 3 fully saturated rings. The Bertz CT molecular complexity index is 934. The standard InChI is InChI=1S/C31H55N5O5/c1-21(2)25(20-35-18-12-9-15-23(35)28(38)36-19-13-10-16-24(36)30(40)41)34(7)29(39)26(31(3,4)5)32-27(37)22-14-8-11-17-33(22)6/h21-26H,8-20H2,1-7H3,(H,32,37)(H,40,41)/t22?,23-,24-,25+,26+/m0/s1. The number of nitrogens with one attached hydrogen (secondary N) is 1. The Kier molecular flexibility index (Phi) is 11.6. The van der Waals surface area contributed by atoms with E-state index in [9.17, 15) is 24.3 Å². The highest BCUT2D eigenvalue weighted by molar-refractivity contribution is 5.90. The van der Waals surface area contributed by atoms with Gasteiger partial charge in [0, 0.05) is 26.2 Å². The molecule has 0 spiro atoms. The van der Waals surface area contributed by atoms with Crippen LogP contribution in [0.5, 0.6) is 0 Å². The fraction of sp³-hybridized carbons (Fsp3) is 0.871. The summed E-state index contributed by atoms with van der Waals surface area (Å²) in [5, 5.41) is 12.9. The highest BCUT2D eigenvalue weighted by atomic mass is 16.4. The van der Waals surface area contributed by atoms with E-state index in [4.69, 9.17) is 0 Å². The molecule has 10 heteroatoms. The maximum absolute atomic E-state index is 14.1. The molecule has 3 rings (SSSR count). The number of rotatable bonds is 9. The number of carboxylic acids is 1. The first-order valence-corrected chi connectivity index (χ1v) is 15.8. The number of aliphatic carboxylic acids is 1. The molecule has 3 heterocycles. The predicted octanol–water partition coefficient (Wildman–Crippen LogP) is 2.80. The molecular weight excluding hydrogens is 522 g/mol. The van der Waals surface area contributed by atoms with Crippen LogP contribution in [-0.2, 0) is 19.2 Å². The Morgan fingerprint density at radius 2 is 1.44 bits per heavy atom. The summed E-state index contributed by atoms with van der Waals surface area (Å²) in [6.45, 7) is 12.7. The molecular formula is C31H55N5O5. The zero-order valence-electron chi connectivity index (χ0n) is 26.5. The molecule has 0 radical (unpaired) electrons. The van der Waals surface area contributed by atoms with Crippen LogP contribution in [0.3, 0.4) is 0 Å². The first-order chi connectivity index (χ1) is 19.2. The van der Waals surface area contributed by atoms with Gasteiger partial charge in [0.15, 0.2) is 0 Å². The minimum absolute atomic E-state index is 0.0915. The number of carbonyl (C=O) groups excluding carboxylic acids is 3. The van der Waals surface area contributed by atoms with Crippen LogP contribution in [0.15, 0.2) is 0 Å². The zero-order chi connectivity index (χ0) is 30.5. The number of likely N-dealkylation sites (tertiary alicyclic amines) is 3. The largest absolute Gasteiger partial charge is 0.480 e. The van der Waals surface area contributed by atoms with Crippen molar-refractivity contribution in [3.63, 3.8) is 0 Å². The van der Waals surface area contributed by atoms with Gasteiger partial charge >= 0.3 is 5.97 Å². The molecule has 0 aromatic carbocycles. The molecule has 3 aliphatic rings. The number of likely N-dealkylation sites (N-methyl/N-ethyl adjacent to an activating group) is 2. The SMILES string of the molecule is CC(C)[C@@H](CN1CCCC[C@H]1C(=O)N1CCCC[C@H]1C(=O)O)N(C)C(=O)[C@@H](NC(=O)C1CCCCN1C)C(C)(C)C. The van der Waals surface area contributed by atoms with Crippen LogP contribution in [0.4, 0.5) is 0 Å². The van der Waals surface area contributed by atoms with Gasteiger partial charge in [-0.15, -0.1) is 0 Å². The molecule has 3 aliphatic heterocycles. The summed E-state index contributed by atoms with van der Waals surface area (Å²) in [5.74, 6) is -1.12. The molecule has 3 saturated heterocycles. The van der Waals surface area contributed by atoms with E-state index in [2.05, 4.69) is 29.0 Å². The lowest BCUT2D eigenvalue weighted by Gasteiger charge is -2.45. The Morgan fingerprint density at radius 1 is 0.878 bits per heavy atom. The number of piperidine rings is 3. The minimum atomic E-state index is -0.930. The second-order valence-corrected chi connectivity index (χ2v) is 13.9. The van der Waals surface area contributed by atoms with Gasteiger partial charge in [-0.05, 0) is 76.4 Å². The molecule has 0 aromatic rings. The smallest absolute Gasteiger partial charge is 0.326 e.